The summed E-state index contributed by atoms with van der Waals surface area (Å²) < 4.78 is 32.4. The second-order valence-electron chi connectivity index (χ2n) is 5.84. The summed E-state index contributed by atoms with van der Waals surface area (Å²) in [4.78, 5) is 15.4. The highest BCUT2D eigenvalue weighted by Gasteiger charge is 2.18. The number of rotatable bonds is 9. The van der Waals surface area contributed by atoms with Gasteiger partial charge in [0.25, 0.3) is 0 Å². The van der Waals surface area contributed by atoms with Crippen LogP contribution >= 0.6 is 0 Å². The van der Waals surface area contributed by atoms with Crippen molar-refractivity contribution in [1.82, 2.24) is 14.5 Å². The third-order valence-corrected chi connectivity index (χ3v) is 5.23. The molecule has 0 aliphatic heterocycles. The minimum atomic E-state index is -3.62. The second-order valence-corrected chi connectivity index (χ2v) is 7.57. The molecule has 0 saturated carbocycles. The molecule has 0 radical (unpaired) electrons. The van der Waals surface area contributed by atoms with E-state index in [4.69, 9.17) is 4.74 Å². The number of hydrogen-bond acceptors (Lipinski definition) is 5. The number of likely N-dealkylation sites (N-methyl/N-ethyl adjacent to an activating group) is 1. The first kappa shape index (κ1) is 20.4. The number of nitrogens with one attached hydrogen (secondary N) is 1. The van der Waals surface area contributed by atoms with Crippen molar-refractivity contribution >= 4 is 15.9 Å². The lowest BCUT2D eigenvalue weighted by Gasteiger charge is -2.23. The van der Waals surface area contributed by atoms with Gasteiger partial charge < -0.3 is 14.5 Å². The van der Waals surface area contributed by atoms with E-state index in [0.29, 0.717) is 24.4 Å². The predicted octanol–water partition coefficient (Wildman–Crippen LogP) is 0.692. The quantitative estimate of drug-likeness (QED) is 0.704. The van der Waals surface area contributed by atoms with Gasteiger partial charge in [-0.2, -0.15) is 0 Å². The zero-order valence-electron chi connectivity index (χ0n) is 15.0. The number of hydrogen-bond donors (Lipinski definition) is 1. The molecule has 24 heavy (non-hydrogen) atoms. The highest BCUT2D eigenvalue weighted by Crippen LogP contribution is 2.20. The molecule has 1 aromatic carbocycles. The van der Waals surface area contributed by atoms with E-state index < -0.39 is 10.0 Å². The zero-order valence-corrected chi connectivity index (χ0v) is 15.8. The molecule has 136 valence electrons. The van der Waals surface area contributed by atoms with Crippen molar-refractivity contribution in [1.29, 1.82) is 0 Å². The van der Waals surface area contributed by atoms with Crippen molar-refractivity contribution in [3.63, 3.8) is 0 Å². The number of methoxy groups -OCH3 is 1. The first-order valence-corrected chi connectivity index (χ1v) is 9.20. The molecule has 0 bridgehead atoms. The van der Waals surface area contributed by atoms with Crippen molar-refractivity contribution in [3.05, 3.63) is 23.8 Å². The maximum absolute atomic E-state index is 12.4. The van der Waals surface area contributed by atoms with Crippen LogP contribution in [0.4, 0.5) is 0 Å². The first-order chi connectivity index (χ1) is 11.2. The van der Waals surface area contributed by atoms with Crippen molar-refractivity contribution in [3.8, 4) is 5.75 Å². The summed E-state index contributed by atoms with van der Waals surface area (Å²) >= 11 is 0. The van der Waals surface area contributed by atoms with E-state index in [1.54, 1.807) is 24.0 Å². The van der Waals surface area contributed by atoms with Crippen molar-refractivity contribution in [2.45, 2.75) is 18.7 Å². The number of nitrogens with zero attached hydrogens (tertiary/aromatic N) is 2. The van der Waals surface area contributed by atoms with Crippen LogP contribution in [0.3, 0.4) is 0 Å². The lowest BCUT2D eigenvalue weighted by Crippen LogP contribution is -2.40. The number of carbonyl (C=O) groups excluding carboxylic acids is 1. The molecule has 7 nitrogen and oxygen atoms in total. The van der Waals surface area contributed by atoms with Gasteiger partial charge >= 0.3 is 0 Å². The van der Waals surface area contributed by atoms with Crippen LogP contribution in [-0.2, 0) is 14.8 Å². The fraction of sp³-hybridized carbons (Fsp3) is 0.562. The number of aryl methyl sites for hydroxylation is 1. The number of ether oxygens (including phenoxy) is 1. The van der Waals surface area contributed by atoms with E-state index in [1.165, 1.54) is 20.1 Å². The molecule has 0 aromatic heterocycles. The van der Waals surface area contributed by atoms with Gasteiger partial charge in [0.05, 0.1) is 12.0 Å². The van der Waals surface area contributed by atoms with Gasteiger partial charge in [-0.05, 0) is 44.8 Å². The molecule has 0 saturated heterocycles. The van der Waals surface area contributed by atoms with Crippen LogP contribution in [0, 0.1) is 6.92 Å². The molecule has 0 atom stereocenters. The van der Waals surface area contributed by atoms with E-state index in [0.717, 1.165) is 6.54 Å². The highest BCUT2D eigenvalue weighted by atomic mass is 32.2. The predicted molar refractivity (Wildman–Crippen MR) is 93.7 cm³/mol. The molecule has 0 aliphatic carbocycles. The van der Waals surface area contributed by atoms with Gasteiger partial charge in [0.2, 0.25) is 15.9 Å². The summed E-state index contributed by atoms with van der Waals surface area (Å²) in [5.74, 6) is 0.537. The Morgan fingerprint density at radius 2 is 1.88 bits per heavy atom. The van der Waals surface area contributed by atoms with Gasteiger partial charge in [-0.1, -0.05) is 0 Å². The monoisotopic (exact) mass is 357 g/mol. The summed E-state index contributed by atoms with van der Waals surface area (Å²) in [5, 5.41) is 0. The zero-order chi connectivity index (χ0) is 18.3. The van der Waals surface area contributed by atoms with E-state index in [1.807, 2.05) is 19.0 Å². The normalized spacial score (nSPS) is 11.6. The average molecular weight is 357 g/mol. The highest BCUT2D eigenvalue weighted by molar-refractivity contribution is 7.89. The van der Waals surface area contributed by atoms with Crippen LogP contribution in [0.15, 0.2) is 23.1 Å². The maximum Gasteiger partial charge on any atom is 0.240 e. The molecular weight excluding hydrogens is 330 g/mol. The third kappa shape index (κ3) is 6.10. The van der Waals surface area contributed by atoms with E-state index in [2.05, 4.69) is 4.72 Å². The van der Waals surface area contributed by atoms with Crippen molar-refractivity contribution in [2.24, 2.45) is 0 Å². The minimum absolute atomic E-state index is 0.0725. The molecule has 0 aliphatic rings. The van der Waals surface area contributed by atoms with E-state index in [9.17, 15) is 13.2 Å². The van der Waals surface area contributed by atoms with Crippen LogP contribution in [0.2, 0.25) is 0 Å². The van der Waals surface area contributed by atoms with Crippen LogP contribution in [0.5, 0.6) is 5.75 Å². The number of sulfonamides is 1. The lowest BCUT2D eigenvalue weighted by atomic mass is 10.2. The molecule has 0 fully saturated rings. The fourth-order valence-corrected chi connectivity index (χ4v) is 3.44. The second kappa shape index (κ2) is 9.00. The molecule has 8 heteroatoms. The summed E-state index contributed by atoms with van der Waals surface area (Å²) in [6.07, 6.45) is 0. The van der Waals surface area contributed by atoms with Crippen molar-refractivity contribution < 1.29 is 17.9 Å². The SMILES string of the molecule is COc1ccc(S(=O)(=O)NCCN(CCN(C)C)C(C)=O)c(C)c1. The number of carbonyl (C=O) groups is 1. The molecule has 1 aromatic rings. The Labute approximate surface area is 144 Å². The van der Waals surface area contributed by atoms with Gasteiger partial charge in [-0.3, -0.25) is 4.79 Å². The average Bonchev–Trinajstić information content (AvgIpc) is 2.49. The first-order valence-electron chi connectivity index (χ1n) is 7.72. The number of benzene rings is 1. The molecule has 1 N–H and O–H groups in total. The molecule has 0 heterocycles. The Kier molecular flexibility index (Phi) is 7.65. The summed E-state index contributed by atoms with van der Waals surface area (Å²) in [6, 6.07) is 4.80. The van der Waals surface area contributed by atoms with Gasteiger partial charge in [-0.25, -0.2) is 13.1 Å². The Hall–Kier alpha value is -1.64. The fourth-order valence-electron chi connectivity index (χ4n) is 2.19. The molecular formula is C16H27N3O4S. The summed E-state index contributed by atoms with van der Waals surface area (Å²) in [6.45, 7) is 4.99. The molecule has 1 rings (SSSR count). The topological polar surface area (TPSA) is 79.0 Å². The summed E-state index contributed by atoms with van der Waals surface area (Å²) in [7, 11) is 1.76. The Balaban J connectivity index is 2.69. The van der Waals surface area contributed by atoms with Gasteiger partial charge in [0.15, 0.2) is 0 Å². The van der Waals surface area contributed by atoms with E-state index in [-0.39, 0.29) is 17.3 Å². The molecule has 1 amide bonds. The third-order valence-electron chi connectivity index (χ3n) is 3.61. The Bertz CT molecular complexity index is 659. The Morgan fingerprint density at radius 3 is 2.38 bits per heavy atom. The summed E-state index contributed by atoms with van der Waals surface area (Å²) in [5.41, 5.74) is 0.609. The smallest absolute Gasteiger partial charge is 0.240 e. The van der Waals surface area contributed by atoms with E-state index >= 15 is 0 Å². The van der Waals surface area contributed by atoms with Gasteiger partial charge in [-0.15, -0.1) is 0 Å². The molecule has 0 unspecified atom stereocenters. The lowest BCUT2D eigenvalue weighted by molar-refractivity contribution is -0.128. The Morgan fingerprint density at radius 1 is 1.21 bits per heavy atom. The maximum atomic E-state index is 12.4. The standard InChI is InChI=1S/C16H27N3O4S/c1-13-12-15(23-5)6-7-16(13)24(21,22)17-8-9-19(14(2)20)11-10-18(3)4/h6-7,12,17H,8-11H2,1-5H3. The van der Waals surface area contributed by atoms with Gasteiger partial charge in [0.1, 0.15) is 5.75 Å². The van der Waals surface area contributed by atoms with Crippen molar-refractivity contribution in [2.75, 3.05) is 47.4 Å². The largest absolute Gasteiger partial charge is 0.497 e. The number of amides is 1. The van der Waals surface area contributed by atoms with Gasteiger partial charge in [0, 0.05) is 33.1 Å². The molecule has 0 spiro atoms. The van der Waals surface area contributed by atoms with Crippen LogP contribution in [0.25, 0.3) is 0 Å². The van der Waals surface area contributed by atoms with Crippen LogP contribution < -0.4 is 9.46 Å². The van der Waals surface area contributed by atoms with Crippen LogP contribution in [0.1, 0.15) is 12.5 Å². The van der Waals surface area contributed by atoms with Crippen LogP contribution in [-0.4, -0.2) is 71.5 Å². The minimum Gasteiger partial charge on any atom is -0.497 e.